The van der Waals surface area contributed by atoms with Gasteiger partial charge in [0, 0.05) is 19.1 Å². The maximum atomic E-state index is 12.3. The number of aryl methyl sites for hydroxylation is 1. The molecule has 0 bridgehead atoms. The molecule has 1 fully saturated rings. The first kappa shape index (κ1) is 19.0. The Morgan fingerprint density at radius 3 is 2.73 bits per heavy atom. The molecule has 0 spiro atoms. The van der Waals surface area contributed by atoms with Gasteiger partial charge >= 0.3 is 5.97 Å². The standard InChI is InChI=1S/C18H28NO2.ClH/c1-13(2)16-9-8-14(3)11-17(16)21-18(20)12-19-10-6-5-7-15(19)4;/h5-7,10,13-14,16-17H,8-9,11-12H2,1-4H3;1H/q+1;/p-1. The van der Waals surface area contributed by atoms with Gasteiger partial charge in [-0.05, 0) is 30.6 Å². The fourth-order valence-electron chi connectivity index (χ4n) is 3.33. The van der Waals surface area contributed by atoms with Gasteiger partial charge < -0.3 is 17.1 Å². The molecule has 3 atom stereocenters. The van der Waals surface area contributed by atoms with Crippen LogP contribution in [0, 0.1) is 24.7 Å². The molecule has 1 aliphatic carbocycles. The van der Waals surface area contributed by atoms with Crippen LogP contribution < -0.4 is 17.0 Å². The number of carbonyl (C=O) groups excluding carboxylic acids is 1. The van der Waals surface area contributed by atoms with E-state index >= 15 is 0 Å². The second kappa shape index (κ2) is 8.52. The first-order chi connectivity index (χ1) is 9.97. The fourth-order valence-corrected chi connectivity index (χ4v) is 3.33. The maximum absolute atomic E-state index is 12.3. The molecule has 0 aliphatic heterocycles. The first-order valence-electron chi connectivity index (χ1n) is 8.12. The Hall–Kier alpha value is -1.09. The van der Waals surface area contributed by atoms with Crippen LogP contribution in [-0.4, -0.2) is 12.1 Å². The van der Waals surface area contributed by atoms with Gasteiger partial charge in [0.25, 0.3) is 0 Å². The molecule has 2 rings (SSSR count). The highest BCUT2D eigenvalue weighted by molar-refractivity contribution is 5.67. The van der Waals surface area contributed by atoms with Crippen molar-refractivity contribution >= 4 is 5.97 Å². The highest BCUT2D eigenvalue weighted by Gasteiger charge is 2.33. The van der Waals surface area contributed by atoms with Crippen molar-refractivity contribution in [2.24, 2.45) is 17.8 Å². The Morgan fingerprint density at radius 1 is 1.36 bits per heavy atom. The second-order valence-corrected chi connectivity index (χ2v) is 6.82. The Balaban J connectivity index is 0.00000242. The van der Waals surface area contributed by atoms with Gasteiger partial charge in [-0.1, -0.05) is 33.3 Å². The molecule has 4 heteroatoms. The molecule has 0 saturated heterocycles. The largest absolute Gasteiger partial charge is 1.00 e. The smallest absolute Gasteiger partial charge is 0.372 e. The lowest BCUT2D eigenvalue weighted by molar-refractivity contribution is -0.692. The highest BCUT2D eigenvalue weighted by atomic mass is 35.5. The van der Waals surface area contributed by atoms with Crippen molar-refractivity contribution in [3.05, 3.63) is 30.1 Å². The van der Waals surface area contributed by atoms with Gasteiger partial charge in [0.15, 0.2) is 11.9 Å². The van der Waals surface area contributed by atoms with Crippen LogP contribution in [0.4, 0.5) is 0 Å². The quantitative estimate of drug-likeness (QED) is 0.588. The van der Waals surface area contributed by atoms with Crippen molar-refractivity contribution in [1.29, 1.82) is 0 Å². The number of rotatable bonds is 4. The van der Waals surface area contributed by atoms with Gasteiger partial charge in [-0.3, -0.25) is 0 Å². The Morgan fingerprint density at radius 2 is 2.09 bits per heavy atom. The Kier molecular flexibility index (Phi) is 7.34. The molecular formula is C18H28ClNO2. The summed E-state index contributed by atoms with van der Waals surface area (Å²) in [4.78, 5) is 12.3. The zero-order valence-electron chi connectivity index (χ0n) is 14.1. The molecule has 124 valence electrons. The third-order valence-electron chi connectivity index (χ3n) is 4.71. The van der Waals surface area contributed by atoms with Crippen molar-refractivity contribution in [3.8, 4) is 0 Å². The van der Waals surface area contributed by atoms with Crippen molar-refractivity contribution in [2.75, 3.05) is 0 Å². The number of aromatic nitrogens is 1. The first-order valence-corrected chi connectivity index (χ1v) is 8.12. The van der Waals surface area contributed by atoms with Crippen molar-refractivity contribution in [2.45, 2.75) is 59.6 Å². The number of carbonyl (C=O) groups is 1. The van der Waals surface area contributed by atoms with E-state index in [2.05, 4.69) is 20.8 Å². The summed E-state index contributed by atoms with van der Waals surface area (Å²) in [7, 11) is 0. The molecule has 22 heavy (non-hydrogen) atoms. The van der Waals surface area contributed by atoms with E-state index in [0.717, 1.165) is 12.1 Å². The molecule has 1 saturated carbocycles. The van der Waals surface area contributed by atoms with E-state index in [1.807, 2.05) is 35.9 Å². The minimum Gasteiger partial charge on any atom is -1.00 e. The van der Waals surface area contributed by atoms with Gasteiger partial charge in [-0.2, -0.15) is 4.57 Å². The summed E-state index contributed by atoms with van der Waals surface area (Å²) in [5.41, 5.74) is 1.08. The molecule has 3 unspecified atom stereocenters. The summed E-state index contributed by atoms with van der Waals surface area (Å²) >= 11 is 0. The van der Waals surface area contributed by atoms with Crippen LogP contribution in [0.15, 0.2) is 24.4 Å². The molecular weight excluding hydrogens is 298 g/mol. The van der Waals surface area contributed by atoms with Crippen LogP contribution >= 0.6 is 0 Å². The lowest BCUT2D eigenvalue weighted by atomic mass is 9.75. The maximum Gasteiger partial charge on any atom is 0.372 e. The Bertz CT molecular complexity index is 490. The fraction of sp³-hybridized carbons (Fsp3) is 0.667. The molecule has 0 aromatic carbocycles. The lowest BCUT2D eigenvalue weighted by Gasteiger charge is -2.36. The SMILES string of the molecule is Cc1cccc[n+]1CC(=O)OC1CC(C)CCC1C(C)C.[Cl-]. The number of ether oxygens (including phenoxy) is 1. The number of pyridine rings is 1. The molecule has 1 aliphatic rings. The van der Waals surface area contributed by atoms with Crippen LogP contribution in [0.2, 0.25) is 0 Å². The predicted molar refractivity (Wildman–Crippen MR) is 82.6 cm³/mol. The van der Waals surface area contributed by atoms with Gasteiger partial charge in [-0.25, -0.2) is 4.79 Å². The summed E-state index contributed by atoms with van der Waals surface area (Å²) in [6, 6.07) is 5.93. The molecule has 0 N–H and O–H groups in total. The summed E-state index contributed by atoms with van der Waals surface area (Å²) in [5.74, 6) is 1.62. The molecule has 0 amide bonds. The summed E-state index contributed by atoms with van der Waals surface area (Å²) < 4.78 is 7.78. The summed E-state index contributed by atoms with van der Waals surface area (Å²) in [6.45, 7) is 9.04. The van der Waals surface area contributed by atoms with E-state index in [-0.39, 0.29) is 24.5 Å². The molecule has 0 radical (unpaired) electrons. The number of halogens is 1. The molecule has 1 heterocycles. The topological polar surface area (TPSA) is 30.2 Å². The minimum atomic E-state index is -0.112. The average molecular weight is 326 g/mol. The monoisotopic (exact) mass is 325 g/mol. The molecule has 1 aromatic heterocycles. The summed E-state index contributed by atoms with van der Waals surface area (Å²) in [5, 5.41) is 0. The van der Waals surface area contributed by atoms with Crippen molar-refractivity contribution < 1.29 is 26.5 Å². The van der Waals surface area contributed by atoms with Gasteiger partial charge in [-0.15, -0.1) is 0 Å². The second-order valence-electron chi connectivity index (χ2n) is 6.82. The van der Waals surface area contributed by atoms with E-state index in [9.17, 15) is 4.79 Å². The summed E-state index contributed by atoms with van der Waals surface area (Å²) in [6.07, 6.45) is 5.45. The lowest BCUT2D eigenvalue weighted by Crippen LogP contribution is -3.00. The number of esters is 1. The zero-order valence-corrected chi connectivity index (χ0v) is 14.8. The highest BCUT2D eigenvalue weighted by Crippen LogP contribution is 2.35. The van der Waals surface area contributed by atoms with Gasteiger partial charge in [0.05, 0.1) is 0 Å². The van der Waals surface area contributed by atoms with Gasteiger partial charge in [0.1, 0.15) is 6.10 Å². The van der Waals surface area contributed by atoms with Crippen LogP contribution in [0.25, 0.3) is 0 Å². The molecule has 1 aromatic rings. The van der Waals surface area contributed by atoms with Crippen LogP contribution in [-0.2, 0) is 16.1 Å². The molecule has 3 nitrogen and oxygen atoms in total. The van der Waals surface area contributed by atoms with E-state index < -0.39 is 0 Å². The number of hydrogen-bond donors (Lipinski definition) is 0. The predicted octanol–water partition coefficient (Wildman–Crippen LogP) is 0.291. The van der Waals surface area contributed by atoms with E-state index in [1.165, 1.54) is 12.8 Å². The minimum absolute atomic E-state index is 0. The van der Waals surface area contributed by atoms with Crippen LogP contribution in [0.3, 0.4) is 0 Å². The van der Waals surface area contributed by atoms with Crippen LogP contribution in [0.1, 0.15) is 45.7 Å². The Labute approximate surface area is 140 Å². The third-order valence-corrected chi connectivity index (χ3v) is 4.71. The normalized spacial score (nSPS) is 24.7. The average Bonchev–Trinajstić information content (AvgIpc) is 2.41. The number of hydrogen-bond acceptors (Lipinski definition) is 2. The van der Waals surface area contributed by atoms with Crippen LogP contribution in [0.5, 0.6) is 0 Å². The van der Waals surface area contributed by atoms with Crippen molar-refractivity contribution in [3.63, 3.8) is 0 Å². The zero-order chi connectivity index (χ0) is 15.4. The van der Waals surface area contributed by atoms with E-state index in [0.29, 0.717) is 24.3 Å². The van der Waals surface area contributed by atoms with E-state index in [4.69, 9.17) is 4.74 Å². The number of nitrogens with zero attached hydrogens (tertiary/aromatic N) is 1. The third kappa shape index (κ3) is 4.98. The van der Waals surface area contributed by atoms with Gasteiger partial charge in [0.2, 0.25) is 6.54 Å². The van der Waals surface area contributed by atoms with Crippen molar-refractivity contribution in [1.82, 2.24) is 0 Å². The van der Waals surface area contributed by atoms with E-state index in [1.54, 1.807) is 0 Å².